The van der Waals surface area contributed by atoms with Crippen LogP contribution in [0.25, 0.3) is 0 Å². The number of nitrogens with zero attached hydrogens (tertiary/aromatic N) is 1. The van der Waals surface area contributed by atoms with Crippen molar-refractivity contribution < 1.29 is 4.42 Å². The number of rotatable bonds is 7. The van der Waals surface area contributed by atoms with Gasteiger partial charge in [-0.3, -0.25) is 0 Å². The van der Waals surface area contributed by atoms with E-state index in [-0.39, 0.29) is 0 Å². The monoisotopic (exact) mass is 224 g/mol. The van der Waals surface area contributed by atoms with E-state index in [4.69, 9.17) is 4.42 Å². The smallest absolute Gasteiger partial charge is 0.120 e. The molecule has 0 aliphatic heterocycles. The minimum Gasteiger partial charge on any atom is -0.468 e. The molecule has 0 spiro atoms. The molecule has 3 heteroatoms. The van der Waals surface area contributed by atoms with E-state index in [1.165, 1.54) is 6.42 Å². The van der Waals surface area contributed by atoms with Gasteiger partial charge in [0.2, 0.25) is 0 Å². The summed E-state index contributed by atoms with van der Waals surface area (Å²) in [4.78, 5) is 2.36. The minimum atomic E-state index is 0.305. The van der Waals surface area contributed by atoms with E-state index in [0.717, 1.165) is 18.8 Å². The molecule has 16 heavy (non-hydrogen) atoms. The Morgan fingerprint density at radius 2 is 2.12 bits per heavy atom. The lowest BCUT2D eigenvalue weighted by Crippen LogP contribution is -2.30. The maximum Gasteiger partial charge on any atom is 0.120 e. The fourth-order valence-corrected chi connectivity index (χ4v) is 1.54. The summed E-state index contributed by atoms with van der Waals surface area (Å²) < 4.78 is 5.34. The van der Waals surface area contributed by atoms with Crippen LogP contribution in [0.3, 0.4) is 0 Å². The summed E-state index contributed by atoms with van der Waals surface area (Å²) >= 11 is 0. The van der Waals surface area contributed by atoms with Crippen LogP contribution in [0.1, 0.15) is 39.0 Å². The second-order valence-corrected chi connectivity index (χ2v) is 4.62. The van der Waals surface area contributed by atoms with Crippen molar-refractivity contribution in [1.29, 1.82) is 0 Å². The molecule has 0 saturated heterocycles. The van der Waals surface area contributed by atoms with Gasteiger partial charge in [-0.1, -0.05) is 0 Å². The lowest BCUT2D eigenvalue weighted by atomic mass is 10.2. The first-order valence-corrected chi connectivity index (χ1v) is 6.08. The van der Waals surface area contributed by atoms with E-state index in [9.17, 15) is 0 Å². The SMILES string of the molecule is CC(NCCCN(C)C(C)C)c1ccco1. The van der Waals surface area contributed by atoms with Crippen molar-refractivity contribution in [3.05, 3.63) is 24.2 Å². The van der Waals surface area contributed by atoms with Gasteiger partial charge in [-0.2, -0.15) is 0 Å². The highest BCUT2D eigenvalue weighted by Gasteiger charge is 2.07. The summed E-state index contributed by atoms with van der Waals surface area (Å²) in [6.45, 7) is 8.73. The first kappa shape index (κ1) is 13.3. The van der Waals surface area contributed by atoms with E-state index in [2.05, 4.69) is 38.0 Å². The molecule has 0 saturated carbocycles. The molecule has 1 N–H and O–H groups in total. The Morgan fingerprint density at radius 1 is 1.38 bits per heavy atom. The number of furan rings is 1. The Labute approximate surface area is 98.8 Å². The second kappa shape index (κ2) is 6.71. The van der Waals surface area contributed by atoms with Crippen LogP contribution < -0.4 is 5.32 Å². The number of hydrogen-bond donors (Lipinski definition) is 1. The summed E-state index contributed by atoms with van der Waals surface area (Å²) in [7, 11) is 2.17. The van der Waals surface area contributed by atoms with Gasteiger partial charge in [0.05, 0.1) is 12.3 Å². The molecular weight excluding hydrogens is 200 g/mol. The molecule has 0 radical (unpaired) electrons. The average molecular weight is 224 g/mol. The highest BCUT2D eigenvalue weighted by molar-refractivity contribution is 5.02. The fourth-order valence-electron chi connectivity index (χ4n) is 1.54. The molecule has 0 aromatic carbocycles. The molecule has 3 nitrogen and oxygen atoms in total. The van der Waals surface area contributed by atoms with E-state index in [1.54, 1.807) is 6.26 Å². The number of nitrogens with one attached hydrogen (secondary N) is 1. The van der Waals surface area contributed by atoms with E-state index >= 15 is 0 Å². The first-order chi connectivity index (χ1) is 7.61. The number of hydrogen-bond acceptors (Lipinski definition) is 3. The molecule has 1 atom stereocenters. The van der Waals surface area contributed by atoms with Gasteiger partial charge in [0.25, 0.3) is 0 Å². The molecule has 1 aromatic heterocycles. The lowest BCUT2D eigenvalue weighted by molar-refractivity contribution is 0.267. The third kappa shape index (κ3) is 4.37. The van der Waals surface area contributed by atoms with Gasteiger partial charge in [0, 0.05) is 6.04 Å². The van der Waals surface area contributed by atoms with Crippen LogP contribution >= 0.6 is 0 Å². The quantitative estimate of drug-likeness (QED) is 0.722. The zero-order chi connectivity index (χ0) is 12.0. The van der Waals surface area contributed by atoms with Crippen molar-refractivity contribution >= 4 is 0 Å². The van der Waals surface area contributed by atoms with Gasteiger partial charge in [-0.25, -0.2) is 0 Å². The summed E-state index contributed by atoms with van der Waals surface area (Å²) in [6.07, 6.45) is 2.89. The van der Waals surface area contributed by atoms with Crippen LogP contribution in [0.5, 0.6) is 0 Å². The summed E-state index contributed by atoms with van der Waals surface area (Å²) in [5, 5.41) is 3.46. The minimum absolute atomic E-state index is 0.305. The highest BCUT2D eigenvalue weighted by Crippen LogP contribution is 2.11. The molecule has 0 bridgehead atoms. The van der Waals surface area contributed by atoms with E-state index < -0.39 is 0 Å². The zero-order valence-corrected chi connectivity index (χ0v) is 10.9. The molecule has 0 amide bonds. The molecule has 0 aliphatic rings. The summed E-state index contributed by atoms with van der Waals surface area (Å²) in [5.74, 6) is 1.01. The molecule has 1 unspecified atom stereocenters. The Morgan fingerprint density at radius 3 is 2.69 bits per heavy atom. The third-order valence-electron chi connectivity index (χ3n) is 2.99. The molecule has 1 rings (SSSR count). The van der Waals surface area contributed by atoms with Gasteiger partial charge in [0.1, 0.15) is 5.76 Å². The van der Waals surface area contributed by atoms with Crippen molar-refractivity contribution in [3.8, 4) is 0 Å². The van der Waals surface area contributed by atoms with Gasteiger partial charge in [-0.15, -0.1) is 0 Å². The molecule has 1 aromatic rings. The molecule has 92 valence electrons. The predicted molar refractivity (Wildman–Crippen MR) is 67.5 cm³/mol. The Hall–Kier alpha value is -0.800. The van der Waals surface area contributed by atoms with Crippen LogP contribution in [0.2, 0.25) is 0 Å². The standard InChI is InChI=1S/C13H24N2O/c1-11(2)15(4)9-6-8-14-12(3)13-7-5-10-16-13/h5,7,10-12,14H,6,8-9H2,1-4H3. The van der Waals surface area contributed by atoms with Crippen LogP contribution in [-0.2, 0) is 0 Å². The van der Waals surface area contributed by atoms with Crippen LogP contribution in [0, 0.1) is 0 Å². The van der Waals surface area contributed by atoms with E-state index in [0.29, 0.717) is 12.1 Å². The Bertz CT molecular complexity index is 269. The van der Waals surface area contributed by atoms with Crippen molar-refractivity contribution in [1.82, 2.24) is 10.2 Å². The first-order valence-electron chi connectivity index (χ1n) is 6.08. The molecule has 0 aliphatic carbocycles. The Balaban J connectivity index is 2.12. The molecule has 1 heterocycles. The van der Waals surface area contributed by atoms with Crippen molar-refractivity contribution in [2.45, 2.75) is 39.3 Å². The second-order valence-electron chi connectivity index (χ2n) is 4.62. The summed E-state index contributed by atoms with van der Waals surface area (Å²) in [6, 6.07) is 4.87. The fraction of sp³-hybridized carbons (Fsp3) is 0.692. The maximum absolute atomic E-state index is 5.34. The van der Waals surface area contributed by atoms with Gasteiger partial charge >= 0.3 is 0 Å². The lowest BCUT2D eigenvalue weighted by Gasteiger charge is -2.21. The van der Waals surface area contributed by atoms with Crippen molar-refractivity contribution in [2.24, 2.45) is 0 Å². The third-order valence-corrected chi connectivity index (χ3v) is 2.99. The summed E-state index contributed by atoms with van der Waals surface area (Å²) in [5.41, 5.74) is 0. The largest absolute Gasteiger partial charge is 0.468 e. The average Bonchev–Trinajstić information content (AvgIpc) is 2.76. The topological polar surface area (TPSA) is 28.4 Å². The van der Waals surface area contributed by atoms with Crippen LogP contribution in [-0.4, -0.2) is 31.1 Å². The van der Waals surface area contributed by atoms with Crippen LogP contribution in [0.15, 0.2) is 22.8 Å². The van der Waals surface area contributed by atoms with Gasteiger partial charge in [-0.05, 0) is 59.5 Å². The molecule has 0 fully saturated rings. The van der Waals surface area contributed by atoms with E-state index in [1.807, 2.05) is 12.1 Å². The molecular formula is C13H24N2O. The van der Waals surface area contributed by atoms with Crippen molar-refractivity contribution in [3.63, 3.8) is 0 Å². The van der Waals surface area contributed by atoms with Gasteiger partial charge < -0.3 is 14.6 Å². The van der Waals surface area contributed by atoms with Crippen molar-refractivity contribution in [2.75, 3.05) is 20.1 Å². The highest BCUT2D eigenvalue weighted by atomic mass is 16.3. The Kier molecular flexibility index (Phi) is 5.56. The normalized spacial score (nSPS) is 13.6. The zero-order valence-electron chi connectivity index (χ0n) is 10.9. The predicted octanol–water partition coefficient (Wildman–Crippen LogP) is 2.66. The maximum atomic E-state index is 5.34. The van der Waals surface area contributed by atoms with Gasteiger partial charge in [0.15, 0.2) is 0 Å². The van der Waals surface area contributed by atoms with Crippen LogP contribution in [0.4, 0.5) is 0 Å².